The van der Waals surface area contributed by atoms with Gasteiger partial charge in [-0.15, -0.1) is 0 Å². The van der Waals surface area contributed by atoms with E-state index in [-0.39, 0.29) is 5.75 Å². The number of nitrogens with two attached hydrogens (primary N) is 1. The van der Waals surface area contributed by atoms with Crippen molar-refractivity contribution in [2.75, 3.05) is 5.73 Å². The Balaban J connectivity index is 2.34. The number of phenols is 1. The van der Waals surface area contributed by atoms with Gasteiger partial charge in [-0.3, -0.25) is 0 Å². The molecule has 2 aromatic carbocycles. The lowest BCUT2D eigenvalue weighted by atomic mass is 9.79. The summed E-state index contributed by atoms with van der Waals surface area (Å²) < 4.78 is 0. The average molecular weight is 183 g/mol. The Bertz CT molecular complexity index is 532. The molecule has 1 aliphatic carbocycles. The van der Waals surface area contributed by atoms with E-state index in [9.17, 15) is 5.11 Å². The molecule has 68 valence electrons. The molecule has 0 spiro atoms. The van der Waals surface area contributed by atoms with Gasteiger partial charge in [0.25, 0.3) is 0 Å². The molecule has 0 heterocycles. The van der Waals surface area contributed by atoms with Crippen LogP contribution >= 0.6 is 0 Å². The number of nitrogen functional groups attached to an aromatic ring is 1. The second-order valence-electron chi connectivity index (χ2n) is 3.47. The van der Waals surface area contributed by atoms with Crippen LogP contribution in [0.4, 0.5) is 5.69 Å². The first-order chi connectivity index (χ1) is 6.79. The van der Waals surface area contributed by atoms with Gasteiger partial charge in [-0.2, -0.15) is 0 Å². The highest BCUT2D eigenvalue weighted by Gasteiger charge is 2.24. The first kappa shape index (κ1) is 7.44. The molecule has 0 radical (unpaired) electrons. The molecule has 1 aliphatic rings. The predicted octanol–water partition coefficient (Wildman–Crippen LogP) is 2.62. The van der Waals surface area contributed by atoms with Crippen molar-refractivity contribution in [2.24, 2.45) is 0 Å². The first-order valence-corrected chi connectivity index (χ1v) is 4.50. The van der Waals surface area contributed by atoms with E-state index in [1.165, 1.54) is 5.56 Å². The van der Waals surface area contributed by atoms with Crippen LogP contribution in [0.5, 0.6) is 5.75 Å². The third kappa shape index (κ3) is 0.708. The van der Waals surface area contributed by atoms with E-state index in [2.05, 4.69) is 6.07 Å². The summed E-state index contributed by atoms with van der Waals surface area (Å²) in [6.45, 7) is 0. The molecular formula is C12H9NO. The minimum Gasteiger partial charge on any atom is -0.506 e. The second kappa shape index (κ2) is 2.29. The highest BCUT2D eigenvalue weighted by molar-refractivity contribution is 6.08. The predicted molar refractivity (Wildman–Crippen MR) is 56.9 cm³/mol. The molecule has 2 aromatic rings. The van der Waals surface area contributed by atoms with Crippen molar-refractivity contribution < 1.29 is 5.11 Å². The van der Waals surface area contributed by atoms with Crippen LogP contribution in [-0.4, -0.2) is 5.11 Å². The number of anilines is 1. The maximum absolute atomic E-state index is 9.46. The fourth-order valence-corrected chi connectivity index (χ4v) is 2.00. The molecule has 0 aliphatic heterocycles. The molecule has 3 N–H and O–H groups in total. The van der Waals surface area contributed by atoms with Crippen molar-refractivity contribution in [3.63, 3.8) is 0 Å². The van der Waals surface area contributed by atoms with Crippen molar-refractivity contribution in [3.05, 3.63) is 36.4 Å². The molecule has 0 unspecified atom stereocenters. The molecule has 0 atom stereocenters. The van der Waals surface area contributed by atoms with Crippen molar-refractivity contribution in [3.8, 4) is 28.0 Å². The van der Waals surface area contributed by atoms with Gasteiger partial charge in [-0.25, -0.2) is 0 Å². The van der Waals surface area contributed by atoms with Gasteiger partial charge in [0.2, 0.25) is 0 Å². The molecule has 0 bridgehead atoms. The van der Waals surface area contributed by atoms with Crippen molar-refractivity contribution >= 4 is 5.69 Å². The molecule has 0 saturated carbocycles. The summed E-state index contributed by atoms with van der Waals surface area (Å²) in [6.07, 6.45) is 0. The van der Waals surface area contributed by atoms with Crippen LogP contribution in [0, 0.1) is 0 Å². The van der Waals surface area contributed by atoms with E-state index in [0.717, 1.165) is 16.7 Å². The summed E-state index contributed by atoms with van der Waals surface area (Å²) in [5, 5.41) is 9.46. The summed E-state index contributed by atoms with van der Waals surface area (Å²) in [7, 11) is 0. The Kier molecular flexibility index (Phi) is 1.22. The number of phenolic OH excluding ortho intramolecular Hbond substituents is 1. The Morgan fingerprint density at radius 2 is 1.57 bits per heavy atom. The molecule has 3 rings (SSSR count). The minimum absolute atomic E-state index is 0.165. The van der Waals surface area contributed by atoms with Crippen molar-refractivity contribution in [1.82, 2.24) is 0 Å². The number of hydrogen-bond acceptors (Lipinski definition) is 2. The first-order valence-electron chi connectivity index (χ1n) is 4.50. The highest BCUT2D eigenvalue weighted by atomic mass is 16.3. The molecule has 0 amide bonds. The lowest BCUT2D eigenvalue weighted by molar-refractivity contribution is 0.478. The van der Waals surface area contributed by atoms with Crippen LogP contribution in [-0.2, 0) is 0 Å². The number of aromatic hydroxyl groups is 1. The number of rotatable bonds is 0. The quantitative estimate of drug-likeness (QED) is 0.415. The van der Waals surface area contributed by atoms with Crippen LogP contribution in [0.3, 0.4) is 0 Å². The number of benzene rings is 2. The standard InChI is InChI=1S/C12H9NO/c13-12-10(14)6-5-9-7-3-1-2-4-8(7)11(9)12/h1-6,14H,13H2. The van der Waals surface area contributed by atoms with Gasteiger partial charge in [0.15, 0.2) is 0 Å². The third-order valence-electron chi connectivity index (χ3n) is 2.71. The lowest BCUT2D eigenvalue weighted by Crippen LogP contribution is -2.02. The summed E-state index contributed by atoms with van der Waals surface area (Å²) in [5.41, 5.74) is 10.8. The fraction of sp³-hybridized carbons (Fsp3) is 0. The molecule has 0 saturated heterocycles. The molecule has 2 nitrogen and oxygen atoms in total. The maximum Gasteiger partial charge on any atom is 0.139 e. The second-order valence-corrected chi connectivity index (χ2v) is 3.47. The smallest absolute Gasteiger partial charge is 0.139 e. The topological polar surface area (TPSA) is 46.2 Å². The summed E-state index contributed by atoms with van der Waals surface area (Å²) >= 11 is 0. The van der Waals surface area contributed by atoms with E-state index in [0.29, 0.717) is 5.69 Å². The highest BCUT2D eigenvalue weighted by Crippen LogP contribution is 2.52. The van der Waals surface area contributed by atoms with Crippen LogP contribution in [0.25, 0.3) is 22.3 Å². The van der Waals surface area contributed by atoms with Gasteiger partial charge in [-0.1, -0.05) is 24.3 Å². The van der Waals surface area contributed by atoms with Crippen LogP contribution in [0.15, 0.2) is 36.4 Å². The van der Waals surface area contributed by atoms with Gasteiger partial charge in [-0.05, 0) is 28.8 Å². The minimum atomic E-state index is 0.165. The van der Waals surface area contributed by atoms with Crippen LogP contribution in [0.2, 0.25) is 0 Å². The number of fused-ring (bicyclic) bond motifs is 4. The monoisotopic (exact) mass is 183 g/mol. The van der Waals surface area contributed by atoms with Gasteiger partial charge in [0.1, 0.15) is 5.75 Å². The van der Waals surface area contributed by atoms with E-state index < -0.39 is 0 Å². The van der Waals surface area contributed by atoms with Gasteiger partial charge in [0, 0.05) is 5.56 Å². The SMILES string of the molecule is Nc1c(O)ccc2c1-c1ccccc1-2. The Hall–Kier alpha value is -1.96. The zero-order chi connectivity index (χ0) is 9.71. The molecule has 14 heavy (non-hydrogen) atoms. The van der Waals surface area contributed by atoms with Gasteiger partial charge < -0.3 is 10.8 Å². The normalized spacial score (nSPS) is 11.4. The fourth-order valence-electron chi connectivity index (χ4n) is 2.00. The molecule has 0 fully saturated rings. The Labute approximate surface area is 81.6 Å². The third-order valence-corrected chi connectivity index (χ3v) is 2.71. The van der Waals surface area contributed by atoms with E-state index in [1.54, 1.807) is 6.07 Å². The largest absolute Gasteiger partial charge is 0.506 e. The Morgan fingerprint density at radius 3 is 2.36 bits per heavy atom. The summed E-state index contributed by atoms with van der Waals surface area (Å²) in [4.78, 5) is 0. The van der Waals surface area contributed by atoms with Crippen LogP contribution in [0.1, 0.15) is 0 Å². The maximum atomic E-state index is 9.46. The Morgan fingerprint density at radius 1 is 0.857 bits per heavy atom. The van der Waals surface area contributed by atoms with E-state index in [4.69, 9.17) is 5.73 Å². The van der Waals surface area contributed by atoms with E-state index in [1.807, 2.05) is 24.3 Å². The summed E-state index contributed by atoms with van der Waals surface area (Å²) in [5.74, 6) is 0.165. The zero-order valence-corrected chi connectivity index (χ0v) is 7.49. The number of hydrogen-bond donors (Lipinski definition) is 2. The molecule has 0 aromatic heterocycles. The molecular weight excluding hydrogens is 174 g/mol. The van der Waals surface area contributed by atoms with E-state index >= 15 is 0 Å². The van der Waals surface area contributed by atoms with Crippen molar-refractivity contribution in [2.45, 2.75) is 0 Å². The average Bonchev–Trinajstić information content (AvgIpc) is 2.18. The van der Waals surface area contributed by atoms with Crippen molar-refractivity contribution in [1.29, 1.82) is 0 Å². The summed E-state index contributed by atoms with van der Waals surface area (Å²) in [6, 6.07) is 11.6. The van der Waals surface area contributed by atoms with Gasteiger partial charge >= 0.3 is 0 Å². The molecule has 2 heteroatoms. The lowest BCUT2D eigenvalue weighted by Gasteiger charge is -2.25. The van der Waals surface area contributed by atoms with Crippen LogP contribution < -0.4 is 5.73 Å². The van der Waals surface area contributed by atoms with Gasteiger partial charge in [0.05, 0.1) is 5.69 Å². The zero-order valence-electron chi connectivity index (χ0n) is 7.49.